The molecule has 4 nitrogen and oxygen atoms in total. The van der Waals surface area contributed by atoms with Gasteiger partial charge in [0.1, 0.15) is 10.0 Å². The molecule has 0 heterocycles. The zero-order valence-corrected chi connectivity index (χ0v) is 11.4. The van der Waals surface area contributed by atoms with E-state index in [2.05, 4.69) is 4.24 Å². The van der Waals surface area contributed by atoms with Crippen LogP contribution in [0, 0.1) is 6.92 Å². The van der Waals surface area contributed by atoms with Crippen molar-refractivity contribution in [3.05, 3.63) is 34.1 Å². The molecule has 0 unspecified atom stereocenters. The average Bonchev–Trinajstić information content (AvgIpc) is 2.05. The van der Waals surface area contributed by atoms with E-state index in [1.165, 1.54) is 12.1 Å². The van der Waals surface area contributed by atoms with Crippen LogP contribution >= 0.6 is 11.8 Å². The summed E-state index contributed by atoms with van der Waals surface area (Å²) in [7, 11) is -3.62. The molecule has 1 rings (SSSR count). The number of halogens is 1. The number of hydrogen-bond acceptors (Lipinski definition) is 2. The molecule has 2 N–H and O–H groups in total. The van der Waals surface area contributed by atoms with Crippen molar-refractivity contribution < 1.29 is 43.5 Å². The molecule has 0 saturated carbocycles. The van der Waals surface area contributed by atoms with Gasteiger partial charge in [-0.1, -0.05) is 17.7 Å². The van der Waals surface area contributed by atoms with Gasteiger partial charge in [-0.3, -0.25) is 11.8 Å². The SMILES string of the molecule is Cc1ccc(S(=O)(=O)[N-]Cl)cc1.O.[Na+]. The van der Waals surface area contributed by atoms with Crippen LogP contribution in [0.3, 0.4) is 0 Å². The van der Waals surface area contributed by atoms with Gasteiger partial charge in [-0.2, -0.15) is 0 Å². The molecule has 0 bridgehead atoms. The molecule has 7 heteroatoms. The second-order valence-electron chi connectivity index (χ2n) is 2.36. The molecule has 74 valence electrons. The smallest absolute Gasteiger partial charge is 0.458 e. The van der Waals surface area contributed by atoms with E-state index in [0.29, 0.717) is 0 Å². The molecule has 0 atom stereocenters. The van der Waals surface area contributed by atoms with Gasteiger partial charge >= 0.3 is 29.6 Å². The van der Waals surface area contributed by atoms with E-state index >= 15 is 0 Å². The standard InChI is InChI=1S/C7H7ClNO2S.Na.H2O/c1-6-2-4-7(5-3-6)12(10,11)9-8;;/h2-5H,1H3;;1H2/q-1;+1;. The molecule has 1 aromatic carbocycles. The minimum Gasteiger partial charge on any atom is -0.458 e. The molecule has 0 saturated heterocycles. The molecule has 1 aromatic rings. The zero-order chi connectivity index (χ0) is 9.19. The van der Waals surface area contributed by atoms with E-state index in [-0.39, 0.29) is 39.9 Å². The van der Waals surface area contributed by atoms with Crippen molar-refractivity contribution in [3.8, 4) is 0 Å². The molecule has 0 aliphatic carbocycles. The van der Waals surface area contributed by atoms with Gasteiger partial charge in [0.05, 0.1) is 0 Å². The van der Waals surface area contributed by atoms with Crippen LogP contribution in [-0.4, -0.2) is 13.9 Å². The number of sulfonamides is 1. The van der Waals surface area contributed by atoms with Gasteiger partial charge < -0.3 is 9.72 Å². The summed E-state index contributed by atoms with van der Waals surface area (Å²) in [4.78, 5) is 0.114. The summed E-state index contributed by atoms with van der Waals surface area (Å²) in [5, 5.41) is 0. The van der Waals surface area contributed by atoms with Gasteiger partial charge in [0.2, 0.25) is 0 Å². The summed E-state index contributed by atoms with van der Waals surface area (Å²) in [6.45, 7) is 1.87. The van der Waals surface area contributed by atoms with Crippen LogP contribution in [0.5, 0.6) is 0 Å². The molecule has 0 radical (unpaired) electrons. The first-order chi connectivity index (χ1) is 5.56. The molecule has 0 aliphatic heterocycles. The molecule has 0 fully saturated rings. The van der Waals surface area contributed by atoms with E-state index in [1.807, 2.05) is 6.92 Å². The van der Waals surface area contributed by atoms with E-state index in [4.69, 9.17) is 11.8 Å². The van der Waals surface area contributed by atoms with Gasteiger partial charge in [-0.15, -0.1) is 0 Å². The first kappa shape index (κ1) is 16.8. The fraction of sp³-hybridized carbons (Fsp3) is 0.143. The Hall–Kier alpha value is 0.380. The van der Waals surface area contributed by atoms with Crippen LogP contribution in [0.1, 0.15) is 5.56 Å². The normalized spacial score (nSPS) is 9.86. The number of hydrogen-bond donors (Lipinski definition) is 0. The van der Waals surface area contributed by atoms with Crippen LogP contribution in [0.25, 0.3) is 4.24 Å². The van der Waals surface area contributed by atoms with Crippen LogP contribution in [-0.2, 0) is 10.0 Å². The minimum atomic E-state index is -3.62. The van der Waals surface area contributed by atoms with E-state index in [0.717, 1.165) is 5.56 Å². The summed E-state index contributed by atoms with van der Waals surface area (Å²) in [5.74, 6) is 0. The van der Waals surface area contributed by atoms with Gasteiger partial charge in [-0.25, -0.2) is 8.42 Å². The van der Waals surface area contributed by atoms with Crippen LogP contribution in [0.4, 0.5) is 0 Å². The predicted molar refractivity (Wildman–Crippen MR) is 51.2 cm³/mol. The third-order valence-electron chi connectivity index (χ3n) is 1.41. The van der Waals surface area contributed by atoms with E-state index in [9.17, 15) is 8.42 Å². The Balaban J connectivity index is 0. The predicted octanol–water partition coefficient (Wildman–Crippen LogP) is -1.61. The van der Waals surface area contributed by atoms with E-state index in [1.54, 1.807) is 12.1 Å². The largest absolute Gasteiger partial charge is 1.00 e. The summed E-state index contributed by atoms with van der Waals surface area (Å²) in [6, 6.07) is 6.32. The van der Waals surface area contributed by atoms with Crippen LogP contribution < -0.4 is 29.6 Å². The van der Waals surface area contributed by atoms with Crippen molar-refractivity contribution in [1.29, 1.82) is 0 Å². The van der Waals surface area contributed by atoms with Gasteiger partial charge in [-0.05, 0) is 19.1 Å². The first-order valence-electron chi connectivity index (χ1n) is 3.21. The van der Waals surface area contributed by atoms with Gasteiger partial charge in [0.15, 0.2) is 0 Å². The molecular weight excluding hydrogens is 237 g/mol. The Morgan fingerprint density at radius 2 is 1.64 bits per heavy atom. The summed E-state index contributed by atoms with van der Waals surface area (Å²) in [6.07, 6.45) is 0. The summed E-state index contributed by atoms with van der Waals surface area (Å²) < 4.78 is 24.8. The van der Waals surface area contributed by atoms with Crippen molar-refractivity contribution in [2.24, 2.45) is 0 Å². The molecular formula is C7H9ClNNaO3S. The second-order valence-corrected chi connectivity index (χ2v) is 4.33. The molecule has 0 spiro atoms. The Morgan fingerprint density at radius 1 is 1.21 bits per heavy atom. The maximum Gasteiger partial charge on any atom is 1.00 e. The first-order valence-corrected chi connectivity index (χ1v) is 4.99. The van der Waals surface area contributed by atoms with Crippen molar-refractivity contribution in [1.82, 2.24) is 0 Å². The van der Waals surface area contributed by atoms with Crippen molar-refractivity contribution in [2.75, 3.05) is 0 Å². The second kappa shape index (κ2) is 6.79. The number of rotatable bonds is 2. The molecule has 0 aliphatic rings. The van der Waals surface area contributed by atoms with E-state index < -0.39 is 10.0 Å². The quantitative estimate of drug-likeness (QED) is 0.588. The third kappa shape index (κ3) is 4.27. The fourth-order valence-corrected chi connectivity index (χ4v) is 1.55. The van der Waals surface area contributed by atoms with Crippen LogP contribution in [0.2, 0.25) is 0 Å². The third-order valence-corrected chi connectivity index (χ3v) is 3.00. The monoisotopic (exact) mass is 245 g/mol. The van der Waals surface area contributed by atoms with Crippen LogP contribution in [0.15, 0.2) is 29.2 Å². The number of aryl methyl sites for hydroxylation is 1. The van der Waals surface area contributed by atoms with Gasteiger partial charge in [0.25, 0.3) is 0 Å². The van der Waals surface area contributed by atoms with Gasteiger partial charge in [0, 0.05) is 4.90 Å². The number of nitrogens with zero attached hydrogens (tertiary/aromatic N) is 1. The average molecular weight is 246 g/mol. The zero-order valence-electron chi connectivity index (χ0n) is 7.86. The number of benzene rings is 1. The fourth-order valence-electron chi connectivity index (χ4n) is 0.750. The maximum atomic E-state index is 11.0. The minimum absolute atomic E-state index is 0. The summed E-state index contributed by atoms with van der Waals surface area (Å²) >= 11 is 4.90. The molecule has 0 aromatic heterocycles. The Bertz CT molecular complexity index is 365. The van der Waals surface area contributed by atoms with Crippen molar-refractivity contribution in [2.45, 2.75) is 11.8 Å². The molecule has 0 amide bonds. The Labute approximate surface area is 110 Å². The van der Waals surface area contributed by atoms with Crippen molar-refractivity contribution in [3.63, 3.8) is 0 Å². The molecule has 14 heavy (non-hydrogen) atoms. The summed E-state index contributed by atoms with van der Waals surface area (Å²) in [5.41, 5.74) is 0.989. The topological polar surface area (TPSA) is 79.7 Å². The Morgan fingerprint density at radius 3 is 2.00 bits per heavy atom. The Kier molecular flexibility index (Phi) is 8.15. The van der Waals surface area contributed by atoms with Crippen molar-refractivity contribution >= 4 is 21.8 Å². The maximum absolute atomic E-state index is 11.0.